The number of hydrogen-bond donors (Lipinski definition) is 2. The summed E-state index contributed by atoms with van der Waals surface area (Å²) in [6.07, 6.45) is 0. The molecule has 104 valence electrons. The van der Waals surface area contributed by atoms with Crippen molar-refractivity contribution in [2.75, 3.05) is 31.8 Å². The molecular weight excluding hydrogens is 281 g/mol. The highest BCUT2D eigenvalue weighted by atomic mass is 35.5. The van der Waals surface area contributed by atoms with Crippen LogP contribution in [0.25, 0.3) is 0 Å². The number of rotatable bonds is 5. The zero-order valence-electron chi connectivity index (χ0n) is 10.6. The van der Waals surface area contributed by atoms with Crippen molar-refractivity contribution in [3.05, 3.63) is 0 Å². The monoisotopic (exact) mass is 303 g/mol. The van der Waals surface area contributed by atoms with Crippen molar-refractivity contribution >= 4 is 42.5 Å². The summed E-state index contributed by atoms with van der Waals surface area (Å²) in [5.41, 5.74) is 0. The van der Waals surface area contributed by atoms with Gasteiger partial charge >= 0.3 is 0 Å². The first-order chi connectivity index (χ1) is 7.11. The van der Waals surface area contributed by atoms with Crippen LogP contribution in [0.4, 0.5) is 0 Å². The van der Waals surface area contributed by atoms with Crippen LogP contribution in [0.2, 0.25) is 0 Å². The zero-order valence-corrected chi connectivity index (χ0v) is 13.0. The molecule has 4 nitrogen and oxygen atoms in total. The first-order valence-corrected chi connectivity index (χ1v) is 6.56. The number of halogens is 2. The van der Waals surface area contributed by atoms with Gasteiger partial charge in [-0.05, 0) is 20.9 Å². The number of nitrogens with zero attached hydrogens (tertiary/aromatic N) is 1. The fraction of sp³-hybridized carbons (Fsp3) is 0.900. The van der Waals surface area contributed by atoms with Gasteiger partial charge in [0.05, 0.1) is 6.04 Å². The summed E-state index contributed by atoms with van der Waals surface area (Å²) in [5, 5.41) is 6.11. The molecule has 1 unspecified atom stereocenters. The second kappa shape index (κ2) is 10.3. The van der Waals surface area contributed by atoms with Crippen LogP contribution in [-0.4, -0.2) is 54.7 Å². The molecule has 1 fully saturated rings. The summed E-state index contributed by atoms with van der Waals surface area (Å²) in [4.78, 5) is 13.8. The molecular formula is C10H23Cl2N3OS. The van der Waals surface area contributed by atoms with Gasteiger partial charge in [-0.25, -0.2) is 0 Å². The Bertz CT molecular complexity index is 214. The van der Waals surface area contributed by atoms with E-state index in [1.807, 2.05) is 0 Å². The highest BCUT2D eigenvalue weighted by Crippen LogP contribution is 2.08. The van der Waals surface area contributed by atoms with E-state index in [0.29, 0.717) is 6.04 Å². The maximum absolute atomic E-state index is 11.6. The number of thioether (sulfide) groups is 1. The maximum atomic E-state index is 11.6. The predicted molar refractivity (Wildman–Crippen MR) is 79.5 cm³/mol. The maximum Gasteiger partial charge on any atom is 0.238 e. The van der Waals surface area contributed by atoms with Crippen LogP contribution in [0.1, 0.15) is 13.8 Å². The molecule has 0 saturated carbocycles. The first-order valence-electron chi connectivity index (χ1n) is 5.40. The van der Waals surface area contributed by atoms with Gasteiger partial charge in [0.2, 0.25) is 5.91 Å². The Morgan fingerprint density at radius 1 is 1.53 bits per heavy atom. The minimum atomic E-state index is 0. The van der Waals surface area contributed by atoms with Crippen LogP contribution in [0.5, 0.6) is 0 Å². The molecule has 2 N–H and O–H groups in total. The lowest BCUT2D eigenvalue weighted by Crippen LogP contribution is -2.44. The van der Waals surface area contributed by atoms with Gasteiger partial charge in [-0.2, -0.15) is 0 Å². The third-order valence-electron chi connectivity index (χ3n) is 2.68. The summed E-state index contributed by atoms with van der Waals surface area (Å²) >= 11 is 1.77. The summed E-state index contributed by atoms with van der Waals surface area (Å²) in [7, 11) is 2.07. The van der Waals surface area contributed by atoms with Gasteiger partial charge in [0.15, 0.2) is 0 Å². The quantitative estimate of drug-likeness (QED) is 0.794. The zero-order chi connectivity index (χ0) is 11.3. The molecule has 1 amide bonds. The highest BCUT2D eigenvalue weighted by Gasteiger charge is 2.21. The smallest absolute Gasteiger partial charge is 0.238 e. The Morgan fingerprint density at radius 2 is 2.18 bits per heavy atom. The van der Waals surface area contributed by atoms with Crippen molar-refractivity contribution < 1.29 is 4.79 Å². The van der Waals surface area contributed by atoms with Gasteiger partial charge in [0.25, 0.3) is 0 Å². The molecule has 1 rings (SSSR count). The van der Waals surface area contributed by atoms with E-state index in [9.17, 15) is 4.79 Å². The summed E-state index contributed by atoms with van der Waals surface area (Å²) < 4.78 is 0. The lowest BCUT2D eigenvalue weighted by molar-refractivity contribution is -0.122. The molecule has 0 bridgehead atoms. The van der Waals surface area contributed by atoms with Gasteiger partial charge in [-0.1, -0.05) is 0 Å². The number of carbonyl (C=O) groups is 1. The van der Waals surface area contributed by atoms with Crippen molar-refractivity contribution in [1.82, 2.24) is 15.5 Å². The van der Waals surface area contributed by atoms with Gasteiger partial charge in [0, 0.05) is 30.8 Å². The van der Waals surface area contributed by atoms with Gasteiger partial charge in [0.1, 0.15) is 0 Å². The van der Waals surface area contributed by atoms with Crippen molar-refractivity contribution in [3.63, 3.8) is 0 Å². The van der Waals surface area contributed by atoms with Crippen LogP contribution in [0.15, 0.2) is 0 Å². The minimum absolute atomic E-state index is 0. The number of carbonyl (C=O) groups excluding carboxylic acids is 1. The van der Waals surface area contributed by atoms with E-state index < -0.39 is 0 Å². The molecule has 0 aromatic heterocycles. The molecule has 7 heteroatoms. The van der Waals surface area contributed by atoms with E-state index in [2.05, 4.69) is 36.4 Å². The van der Waals surface area contributed by atoms with E-state index >= 15 is 0 Å². The fourth-order valence-corrected chi connectivity index (χ4v) is 2.24. The second-order valence-corrected chi connectivity index (χ2v) is 5.17. The van der Waals surface area contributed by atoms with E-state index in [-0.39, 0.29) is 36.8 Å². The summed E-state index contributed by atoms with van der Waals surface area (Å²) in [5.74, 6) is 1.92. The molecule has 0 radical (unpaired) electrons. The molecule has 1 saturated heterocycles. The molecule has 0 aromatic carbocycles. The average Bonchev–Trinajstić information content (AvgIpc) is 2.70. The van der Waals surface area contributed by atoms with E-state index in [1.54, 1.807) is 11.8 Å². The Hall–Kier alpha value is 0.320. The fourth-order valence-electron chi connectivity index (χ4n) is 1.30. The lowest BCUT2D eigenvalue weighted by atomic mass is 10.3. The number of hydrogen-bond acceptors (Lipinski definition) is 4. The topological polar surface area (TPSA) is 44.4 Å². The first kappa shape index (κ1) is 19.7. The Kier molecular flexibility index (Phi) is 11.9. The molecule has 1 atom stereocenters. The number of amides is 1. The third-order valence-corrected chi connectivity index (χ3v) is 3.62. The third kappa shape index (κ3) is 7.36. The molecule has 1 aliphatic heterocycles. The second-order valence-electron chi connectivity index (χ2n) is 4.14. The average molecular weight is 304 g/mol. The van der Waals surface area contributed by atoms with Gasteiger partial charge < -0.3 is 10.2 Å². The molecule has 1 heterocycles. The van der Waals surface area contributed by atoms with Crippen LogP contribution >= 0.6 is 36.6 Å². The molecule has 0 aliphatic carbocycles. The molecule has 17 heavy (non-hydrogen) atoms. The van der Waals surface area contributed by atoms with Crippen molar-refractivity contribution in [2.24, 2.45) is 0 Å². The van der Waals surface area contributed by atoms with E-state index in [1.165, 1.54) is 0 Å². The molecule has 1 aliphatic rings. The van der Waals surface area contributed by atoms with Gasteiger partial charge in [-0.3, -0.25) is 10.1 Å². The predicted octanol–water partition coefficient (Wildman–Crippen LogP) is 0.949. The van der Waals surface area contributed by atoms with Crippen molar-refractivity contribution in [2.45, 2.75) is 25.9 Å². The van der Waals surface area contributed by atoms with Crippen LogP contribution < -0.4 is 10.6 Å². The summed E-state index contributed by atoms with van der Waals surface area (Å²) in [6, 6.07) is 0.543. The van der Waals surface area contributed by atoms with Crippen molar-refractivity contribution in [3.8, 4) is 0 Å². The van der Waals surface area contributed by atoms with Crippen LogP contribution in [-0.2, 0) is 4.79 Å². The van der Waals surface area contributed by atoms with E-state index in [0.717, 1.165) is 24.7 Å². The Morgan fingerprint density at radius 3 is 2.65 bits per heavy atom. The Balaban J connectivity index is 0. The van der Waals surface area contributed by atoms with Crippen LogP contribution in [0.3, 0.4) is 0 Å². The largest absolute Gasteiger partial charge is 0.353 e. The Labute approximate surface area is 120 Å². The number of likely N-dealkylation sites (N-methyl/N-ethyl adjacent to an activating group) is 1. The molecule has 0 spiro atoms. The normalized spacial score (nSPS) is 18.8. The molecule has 0 aromatic rings. The lowest BCUT2D eigenvalue weighted by Gasteiger charge is -2.21. The summed E-state index contributed by atoms with van der Waals surface area (Å²) in [6.45, 7) is 5.94. The SMILES string of the molecule is CC(C)N(C)CCNC(=O)C1CSCN1.Cl.Cl. The van der Waals surface area contributed by atoms with E-state index in [4.69, 9.17) is 0 Å². The van der Waals surface area contributed by atoms with Crippen molar-refractivity contribution in [1.29, 1.82) is 0 Å². The highest BCUT2D eigenvalue weighted by molar-refractivity contribution is 7.99. The standard InChI is InChI=1S/C10H21N3OS.2ClH/c1-8(2)13(3)5-4-11-10(14)9-6-15-7-12-9;;/h8-9,12H,4-7H2,1-3H3,(H,11,14);2*1H. The number of nitrogens with one attached hydrogen (secondary N) is 2. The van der Waals surface area contributed by atoms with Gasteiger partial charge in [-0.15, -0.1) is 36.6 Å². The van der Waals surface area contributed by atoms with Crippen LogP contribution in [0, 0.1) is 0 Å². The minimum Gasteiger partial charge on any atom is -0.353 e.